The molecule has 2 aromatic carbocycles. The molecule has 0 amide bonds. The molecule has 0 aliphatic carbocycles. The SMILES string of the molecule is CC1=C(C(=O)OCc2ccccc2)[C@H](/C=C\c2ccccc2)n2ncnc2N1. The van der Waals surface area contributed by atoms with Crippen molar-refractivity contribution < 1.29 is 9.53 Å². The molecule has 2 heterocycles. The van der Waals surface area contributed by atoms with E-state index in [1.165, 1.54) is 6.33 Å². The van der Waals surface area contributed by atoms with Crippen LogP contribution in [0.2, 0.25) is 0 Å². The molecule has 0 fully saturated rings. The molecule has 0 unspecified atom stereocenters. The summed E-state index contributed by atoms with van der Waals surface area (Å²) in [6, 6.07) is 19.1. The van der Waals surface area contributed by atoms with Crippen molar-refractivity contribution in [1.82, 2.24) is 14.8 Å². The number of nitrogens with zero attached hydrogens (tertiary/aromatic N) is 3. The van der Waals surface area contributed by atoms with Gasteiger partial charge in [0.05, 0.1) is 5.57 Å². The number of aromatic nitrogens is 3. The van der Waals surface area contributed by atoms with Crippen LogP contribution in [0.3, 0.4) is 0 Å². The van der Waals surface area contributed by atoms with Gasteiger partial charge in [0.25, 0.3) is 0 Å². The quantitative estimate of drug-likeness (QED) is 0.686. The number of allylic oxidation sites excluding steroid dienone is 2. The Balaban J connectivity index is 1.61. The van der Waals surface area contributed by atoms with Crippen molar-refractivity contribution in [3.63, 3.8) is 0 Å². The first-order valence-electron chi connectivity index (χ1n) is 9.04. The van der Waals surface area contributed by atoms with E-state index < -0.39 is 6.04 Å². The van der Waals surface area contributed by atoms with Gasteiger partial charge in [0.2, 0.25) is 5.95 Å². The van der Waals surface area contributed by atoms with Crippen molar-refractivity contribution in [2.24, 2.45) is 0 Å². The Bertz CT molecular complexity index is 1020. The molecule has 1 atom stereocenters. The summed E-state index contributed by atoms with van der Waals surface area (Å²) < 4.78 is 7.27. The van der Waals surface area contributed by atoms with Crippen molar-refractivity contribution in [2.75, 3.05) is 5.32 Å². The molecule has 1 N–H and O–H groups in total. The minimum absolute atomic E-state index is 0.218. The van der Waals surface area contributed by atoms with Gasteiger partial charge in [0, 0.05) is 5.70 Å². The zero-order chi connectivity index (χ0) is 19.3. The van der Waals surface area contributed by atoms with Gasteiger partial charge in [-0.25, -0.2) is 9.48 Å². The van der Waals surface area contributed by atoms with Crippen molar-refractivity contribution in [3.8, 4) is 0 Å². The monoisotopic (exact) mass is 372 g/mol. The molecule has 6 nitrogen and oxygen atoms in total. The maximum absolute atomic E-state index is 12.9. The van der Waals surface area contributed by atoms with E-state index in [-0.39, 0.29) is 12.6 Å². The summed E-state index contributed by atoms with van der Waals surface area (Å²) in [5.74, 6) is 0.220. The second kappa shape index (κ2) is 7.92. The second-order valence-corrected chi connectivity index (χ2v) is 6.47. The first kappa shape index (κ1) is 17.7. The van der Waals surface area contributed by atoms with Gasteiger partial charge in [0.1, 0.15) is 19.0 Å². The normalized spacial score (nSPS) is 16.0. The Labute approximate surface area is 163 Å². The summed E-state index contributed by atoms with van der Waals surface area (Å²) >= 11 is 0. The predicted octanol–water partition coefficient (Wildman–Crippen LogP) is 3.98. The maximum atomic E-state index is 12.9. The molecular weight excluding hydrogens is 352 g/mol. The van der Waals surface area contributed by atoms with Gasteiger partial charge in [-0.2, -0.15) is 10.1 Å². The van der Waals surface area contributed by atoms with Crippen molar-refractivity contribution in [1.29, 1.82) is 0 Å². The lowest BCUT2D eigenvalue weighted by Crippen LogP contribution is -2.27. The molecule has 28 heavy (non-hydrogen) atoms. The molecule has 1 aliphatic rings. The smallest absolute Gasteiger partial charge is 0.338 e. The Kier molecular flexibility index (Phi) is 5.01. The lowest BCUT2D eigenvalue weighted by Gasteiger charge is -2.25. The fourth-order valence-electron chi connectivity index (χ4n) is 3.14. The molecular formula is C22H20N4O2. The predicted molar refractivity (Wildman–Crippen MR) is 107 cm³/mol. The molecule has 0 saturated carbocycles. The highest BCUT2D eigenvalue weighted by atomic mass is 16.5. The maximum Gasteiger partial charge on any atom is 0.338 e. The fraction of sp³-hybridized carbons (Fsp3) is 0.136. The molecule has 0 spiro atoms. The number of carbonyl (C=O) groups is 1. The standard InChI is InChI=1S/C22H20N4O2/c1-16-20(21(27)28-14-18-10-6-3-7-11-18)19(26-22(25-16)23-15-24-26)13-12-17-8-4-2-5-9-17/h2-13,15,19H,14H2,1H3,(H,23,24,25)/b13-12-/t19-/m0/s1. The number of benzene rings is 2. The van der Waals surface area contributed by atoms with Gasteiger partial charge in [-0.15, -0.1) is 0 Å². The third kappa shape index (κ3) is 3.71. The highest BCUT2D eigenvalue weighted by Crippen LogP contribution is 2.31. The van der Waals surface area contributed by atoms with Gasteiger partial charge in [-0.1, -0.05) is 72.8 Å². The number of esters is 1. The zero-order valence-electron chi connectivity index (χ0n) is 15.4. The highest BCUT2D eigenvalue weighted by Gasteiger charge is 2.31. The minimum Gasteiger partial charge on any atom is -0.457 e. The van der Waals surface area contributed by atoms with Crippen LogP contribution in [0.4, 0.5) is 5.95 Å². The summed E-state index contributed by atoms with van der Waals surface area (Å²) in [4.78, 5) is 17.1. The molecule has 3 aromatic rings. The van der Waals surface area contributed by atoms with Crippen molar-refractivity contribution in [3.05, 3.63) is 95.5 Å². The summed E-state index contributed by atoms with van der Waals surface area (Å²) in [5, 5.41) is 7.42. The number of hydrogen-bond donors (Lipinski definition) is 1. The molecule has 0 saturated heterocycles. The largest absolute Gasteiger partial charge is 0.457 e. The molecule has 140 valence electrons. The summed E-state index contributed by atoms with van der Waals surface area (Å²) in [6.45, 7) is 2.07. The Morgan fingerprint density at radius 1 is 1.14 bits per heavy atom. The first-order chi connectivity index (χ1) is 13.7. The molecule has 0 radical (unpaired) electrons. The molecule has 4 rings (SSSR count). The van der Waals surface area contributed by atoms with Crippen LogP contribution in [0.25, 0.3) is 6.08 Å². The van der Waals surface area contributed by atoms with Crippen molar-refractivity contribution >= 4 is 18.0 Å². The average molecular weight is 372 g/mol. The van der Waals surface area contributed by atoms with Crippen LogP contribution in [-0.2, 0) is 16.1 Å². The van der Waals surface area contributed by atoms with Crippen LogP contribution >= 0.6 is 0 Å². The van der Waals surface area contributed by atoms with Crippen LogP contribution in [-0.4, -0.2) is 20.7 Å². The Morgan fingerprint density at radius 3 is 2.61 bits per heavy atom. The number of fused-ring (bicyclic) bond motifs is 1. The molecule has 0 bridgehead atoms. The van der Waals surface area contributed by atoms with Crippen LogP contribution in [0, 0.1) is 0 Å². The van der Waals surface area contributed by atoms with E-state index in [0.717, 1.165) is 11.1 Å². The number of hydrogen-bond acceptors (Lipinski definition) is 5. The van der Waals surface area contributed by atoms with Crippen molar-refractivity contribution in [2.45, 2.75) is 19.6 Å². The van der Waals surface area contributed by atoms with Gasteiger partial charge < -0.3 is 10.1 Å². The number of nitrogens with one attached hydrogen (secondary N) is 1. The molecule has 6 heteroatoms. The van der Waals surface area contributed by atoms with E-state index in [4.69, 9.17) is 4.74 Å². The van der Waals surface area contributed by atoms with Crippen LogP contribution in [0.15, 0.2) is 84.3 Å². The topological polar surface area (TPSA) is 69.0 Å². The van der Waals surface area contributed by atoms with Crippen LogP contribution < -0.4 is 5.32 Å². The van der Waals surface area contributed by atoms with E-state index in [1.54, 1.807) is 4.68 Å². The number of rotatable bonds is 5. The number of ether oxygens (including phenoxy) is 1. The lowest BCUT2D eigenvalue weighted by atomic mass is 10.0. The van der Waals surface area contributed by atoms with Gasteiger partial charge in [-0.3, -0.25) is 0 Å². The highest BCUT2D eigenvalue weighted by molar-refractivity contribution is 5.92. The fourth-order valence-corrected chi connectivity index (χ4v) is 3.14. The lowest BCUT2D eigenvalue weighted by molar-refractivity contribution is -0.140. The number of carbonyl (C=O) groups excluding carboxylic acids is 1. The van der Waals surface area contributed by atoms with E-state index >= 15 is 0 Å². The number of anilines is 1. The summed E-state index contributed by atoms with van der Waals surface area (Å²) in [7, 11) is 0. The first-order valence-corrected chi connectivity index (χ1v) is 9.04. The van der Waals surface area contributed by atoms with E-state index in [9.17, 15) is 4.79 Å². The second-order valence-electron chi connectivity index (χ2n) is 6.47. The van der Waals surface area contributed by atoms with Crippen LogP contribution in [0.5, 0.6) is 0 Å². The van der Waals surface area contributed by atoms with Crippen LogP contribution in [0.1, 0.15) is 24.1 Å². The summed E-state index contributed by atoms with van der Waals surface area (Å²) in [6.07, 6.45) is 5.38. The Morgan fingerprint density at radius 2 is 1.86 bits per heavy atom. The van der Waals surface area contributed by atoms with Gasteiger partial charge in [0.15, 0.2) is 0 Å². The molecule has 1 aromatic heterocycles. The minimum atomic E-state index is -0.401. The van der Waals surface area contributed by atoms with E-state index in [0.29, 0.717) is 17.2 Å². The molecule has 1 aliphatic heterocycles. The van der Waals surface area contributed by atoms with E-state index in [2.05, 4.69) is 15.4 Å². The third-order valence-corrected chi connectivity index (χ3v) is 4.54. The summed E-state index contributed by atoms with van der Waals surface area (Å²) in [5.41, 5.74) is 3.20. The Hall–Kier alpha value is -3.67. The zero-order valence-corrected chi connectivity index (χ0v) is 15.4. The average Bonchev–Trinajstić information content (AvgIpc) is 3.19. The van der Waals surface area contributed by atoms with Gasteiger partial charge in [-0.05, 0) is 18.1 Å². The third-order valence-electron chi connectivity index (χ3n) is 4.54. The van der Waals surface area contributed by atoms with Gasteiger partial charge >= 0.3 is 5.97 Å². The van der Waals surface area contributed by atoms with E-state index in [1.807, 2.05) is 79.7 Å².